The van der Waals surface area contributed by atoms with Crippen molar-refractivity contribution in [2.45, 2.75) is 57.9 Å². The Labute approximate surface area is 127 Å². The summed E-state index contributed by atoms with van der Waals surface area (Å²) in [5.74, 6) is 5.79. The Morgan fingerprint density at radius 1 is 1.10 bits per heavy atom. The molecule has 3 N–H and O–H groups in total. The molecule has 3 heteroatoms. The highest BCUT2D eigenvalue weighted by Crippen LogP contribution is 2.26. The number of unbranched alkanes of at least 4 members (excludes halogenated alkanes) is 5. The molecule has 2 rings (SSSR count). The van der Waals surface area contributed by atoms with Crippen molar-refractivity contribution in [3.05, 3.63) is 42.2 Å². The molecule has 1 aromatic carbocycles. The first-order chi connectivity index (χ1) is 10.4. The smallest absolute Gasteiger partial charge is 0.0466 e. The Bertz CT molecular complexity index is 533. The molecule has 1 atom stereocenters. The maximum atomic E-state index is 5.79. The summed E-state index contributed by atoms with van der Waals surface area (Å²) < 4.78 is 0. The van der Waals surface area contributed by atoms with E-state index < -0.39 is 0 Å². The fraction of sp³-hybridized carbons (Fsp3) is 0.500. The number of hydrogen-bond donors (Lipinski definition) is 2. The zero-order valence-electron chi connectivity index (χ0n) is 13.0. The molecule has 0 aliphatic carbocycles. The molecule has 1 heterocycles. The van der Waals surface area contributed by atoms with Crippen molar-refractivity contribution in [1.29, 1.82) is 0 Å². The molecule has 0 amide bonds. The van der Waals surface area contributed by atoms with Gasteiger partial charge < -0.3 is 0 Å². The molecular weight excluding hydrogens is 258 g/mol. The van der Waals surface area contributed by atoms with Gasteiger partial charge in [0.1, 0.15) is 0 Å². The quantitative estimate of drug-likeness (QED) is 0.405. The Morgan fingerprint density at radius 3 is 2.71 bits per heavy atom. The van der Waals surface area contributed by atoms with Gasteiger partial charge in [-0.05, 0) is 23.4 Å². The van der Waals surface area contributed by atoms with Crippen LogP contribution < -0.4 is 11.3 Å². The van der Waals surface area contributed by atoms with Crippen LogP contribution in [0.5, 0.6) is 0 Å². The van der Waals surface area contributed by atoms with Gasteiger partial charge in [0.25, 0.3) is 0 Å². The van der Waals surface area contributed by atoms with E-state index in [1.807, 2.05) is 12.4 Å². The van der Waals surface area contributed by atoms with Crippen LogP contribution in [0.25, 0.3) is 10.8 Å². The van der Waals surface area contributed by atoms with Crippen molar-refractivity contribution in [1.82, 2.24) is 10.4 Å². The molecule has 0 bridgehead atoms. The number of nitrogens with two attached hydrogens (primary N) is 1. The third-order valence-corrected chi connectivity index (χ3v) is 4.14. The number of pyridine rings is 1. The number of nitrogens with zero attached hydrogens (tertiary/aromatic N) is 1. The van der Waals surface area contributed by atoms with Gasteiger partial charge in [-0.3, -0.25) is 16.3 Å². The van der Waals surface area contributed by atoms with Gasteiger partial charge in [-0.2, -0.15) is 0 Å². The summed E-state index contributed by atoms with van der Waals surface area (Å²) in [5.41, 5.74) is 4.25. The Hall–Kier alpha value is -1.45. The number of benzene rings is 1. The van der Waals surface area contributed by atoms with E-state index in [0.29, 0.717) is 0 Å². The lowest BCUT2D eigenvalue weighted by Gasteiger charge is -2.18. The summed E-state index contributed by atoms with van der Waals surface area (Å²) in [7, 11) is 0. The van der Waals surface area contributed by atoms with Gasteiger partial charge in [0.05, 0.1) is 0 Å². The summed E-state index contributed by atoms with van der Waals surface area (Å²) in [6.45, 7) is 2.25. The first-order valence-electron chi connectivity index (χ1n) is 8.15. The summed E-state index contributed by atoms with van der Waals surface area (Å²) in [6.07, 6.45) is 12.7. The van der Waals surface area contributed by atoms with Gasteiger partial charge in [0.2, 0.25) is 0 Å². The summed E-state index contributed by atoms with van der Waals surface area (Å²) in [6, 6.07) is 8.65. The van der Waals surface area contributed by atoms with Gasteiger partial charge in [-0.1, -0.05) is 63.6 Å². The zero-order chi connectivity index (χ0) is 14.9. The lowest BCUT2D eigenvalue weighted by molar-refractivity contribution is 0.479. The SMILES string of the molecule is CCCCCCCCC(NN)c1cccc2ccncc12. The van der Waals surface area contributed by atoms with E-state index in [9.17, 15) is 0 Å². The van der Waals surface area contributed by atoms with Gasteiger partial charge in [0, 0.05) is 23.8 Å². The molecule has 114 valence electrons. The Balaban J connectivity index is 1.96. The lowest BCUT2D eigenvalue weighted by Crippen LogP contribution is -2.28. The van der Waals surface area contributed by atoms with Crippen molar-refractivity contribution in [2.75, 3.05) is 0 Å². The topological polar surface area (TPSA) is 50.9 Å². The van der Waals surface area contributed by atoms with Crippen LogP contribution in [0, 0.1) is 0 Å². The second kappa shape index (κ2) is 8.75. The van der Waals surface area contributed by atoms with Crippen LogP contribution in [0.3, 0.4) is 0 Å². The normalized spacial score (nSPS) is 12.7. The average molecular weight is 285 g/mol. The van der Waals surface area contributed by atoms with Crippen molar-refractivity contribution < 1.29 is 0 Å². The lowest BCUT2D eigenvalue weighted by atomic mass is 9.96. The largest absolute Gasteiger partial charge is 0.271 e. The highest BCUT2D eigenvalue weighted by atomic mass is 15.2. The fourth-order valence-electron chi connectivity index (χ4n) is 2.90. The van der Waals surface area contributed by atoms with Gasteiger partial charge in [0.15, 0.2) is 0 Å². The highest BCUT2D eigenvalue weighted by molar-refractivity contribution is 5.85. The molecule has 0 aliphatic heterocycles. The van der Waals surface area contributed by atoms with Crippen LogP contribution in [0.4, 0.5) is 0 Å². The van der Waals surface area contributed by atoms with Gasteiger partial charge in [-0.15, -0.1) is 0 Å². The van der Waals surface area contributed by atoms with Crippen LogP contribution in [0.1, 0.15) is 63.5 Å². The Kier molecular flexibility index (Phi) is 6.64. The molecule has 0 aliphatic rings. The molecule has 21 heavy (non-hydrogen) atoms. The van der Waals surface area contributed by atoms with E-state index in [2.05, 4.69) is 41.6 Å². The molecule has 0 saturated heterocycles. The van der Waals surface area contributed by atoms with E-state index in [4.69, 9.17) is 5.84 Å². The molecule has 0 fully saturated rings. The molecule has 2 aromatic rings. The van der Waals surface area contributed by atoms with E-state index in [0.717, 1.165) is 6.42 Å². The standard InChI is InChI=1S/C18H27N3/c1-2-3-4-5-6-7-11-18(21-19)16-10-8-9-15-12-13-20-14-17(15)16/h8-10,12-14,18,21H,2-7,11,19H2,1H3. The van der Waals surface area contributed by atoms with Crippen molar-refractivity contribution in [3.8, 4) is 0 Å². The monoisotopic (exact) mass is 285 g/mol. The number of fused-ring (bicyclic) bond motifs is 1. The van der Waals surface area contributed by atoms with Crippen molar-refractivity contribution in [3.63, 3.8) is 0 Å². The number of aromatic nitrogens is 1. The predicted molar refractivity (Wildman–Crippen MR) is 89.8 cm³/mol. The fourth-order valence-corrected chi connectivity index (χ4v) is 2.90. The number of rotatable bonds is 9. The maximum absolute atomic E-state index is 5.79. The van der Waals surface area contributed by atoms with Crippen molar-refractivity contribution in [2.24, 2.45) is 5.84 Å². The second-order valence-electron chi connectivity index (χ2n) is 5.72. The molecule has 0 spiro atoms. The average Bonchev–Trinajstić information content (AvgIpc) is 2.54. The van der Waals surface area contributed by atoms with Crippen LogP contribution in [-0.4, -0.2) is 4.98 Å². The first-order valence-corrected chi connectivity index (χ1v) is 8.15. The third-order valence-electron chi connectivity index (χ3n) is 4.14. The third kappa shape index (κ3) is 4.51. The molecule has 0 radical (unpaired) electrons. The second-order valence-corrected chi connectivity index (χ2v) is 5.72. The minimum Gasteiger partial charge on any atom is -0.271 e. The van der Waals surface area contributed by atoms with E-state index >= 15 is 0 Å². The summed E-state index contributed by atoms with van der Waals surface area (Å²) in [4.78, 5) is 4.25. The van der Waals surface area contributed by atoms with Gasteiger partial charge >= 0.3 is 0 Å². The first kappa shape index (κ1) is 15.9. The predicted octanol–water partition coefficient (Wildman–Crippen LogP) is 4.49. The zero-order valence-corrected chi connectivity index (χ0v) is 13.0. The van der Waals surface area contributed by atoms with Crippen LogP contribution in [0.15, 0.2) is 36.7 Å². The number of hydrogen-bond acceptors (Lipinski definition) is 3. The van der Waals surface area contributed by atoms with Crippen LogP contribution >= 0.6 is 0 Å². The minimum atomic E-state index is 0.212. The summed E-state index contributed by atoms with van der Waals surface area (Å²) in [5, 5.41) is 2.43. The summed E-state index contributed by atoms with van der Waals surface area (Å²) >= 11 is 0. The van der Waals surface area contributed by atoms with Gasteiger partial charge in [-0.25, -0.2) is 0 Å². The molecule has 0 saturated carbocycles. The van der Waals surface area contributed by atoms with E-state index in [1.165, 1.54) is 54.9 Å². The van der Waals surface area contributed by atoms with Crippen LogP contribution in [0.2, 0.25) is 0 Å². The Morgan fingerprint density at radius 2 is 1.90 bits per heavy atom. The molecule has 3 nitrogen and oxygen atoms in total. The minimum absolute atomic E-state index is 0.212. The molecule has 1 unspecified atom stereocenters. The maximum Gasteiger partial charge on any atom is 0.0466 e. The molecule has 1 aromatic heterocycles. The number of nitrogens with one attached hydrogen (secondary N) is 1. The number of hydrazine groups is 1. The van der Waals surface area contributed by atoms with E-state index in [1.54, 1.807) is 0 Å². The van der Waals surface area contributed by atoms with Crippen molar-refractivity contribution >= 4 is 10.8 Å². The highest BCUT2D eigenvalue weighted by Gasteiger charge is 2.12. The van der Waals surface area contributed by atoms with Crippen LogP contribution in [-0.2, 0) is 0 Å². The molecular formula is C18H27N3. The van der Waals surface area contributed by atoms with E-state index in [-0.39, 0.29) is 6.04 Å².